The van der Waals surface area contributed by atoms with Gasteiger partial charge in [-0.05, 0) is 36.6 Å². The van der Waals surface area contributed by atoms with Crippen molar-refractivity contribution in [1.29, 1.82) is 0 Å². The van der Waals surface area contributed by atoms with Crippen molar-refractivity contribution in [1.82, 2.24) is 15.0 Å². The highest BCUT2D eigenvalue weighted by Gasteiger charge is 2.38. The van der Waals surface area contributed by atoms with Crippen LogP contribution in [0.15, 0.2) is 36.5 Å². The number of rotatable bonds is 5. The minimum absolute atomic E-state index is 0.0563. The van der Waals surface area contributed by atoms with Gasteiger partial charge in [0.15, 0.2) is 0 Å². The Bertz CT molecular complexity index is 1120. The number of nitrogens with one attached hydrogen (secondary N) is 3. The number of carbonyl (C=O) groups excluding carboxylic acids is 1. The third-order valence-corrected chi connectivity index (χ3v) is 4.28. The molecule has 2 heterocycles. The molecule has 1 aromatic carbocycles. The number of anilines is 3. The maximum absolute atomic E-state index is 12.5. The number of aliphatic carboxylic acids is 1. The Hall–Kier alpha value is -3.49. The van der Waals surface area contributed by atoms with Crippen LogP contribution in [0.5, 0.6) is 0 Å². The van der Waals surface area contributed by atoms with Crippen molar-refractivity contribution in [3.8, 4) is 0 Å². The molecule has 0 aliphatic heterocycles. The van der Waals surface area contributed by atoms with Crippen LogP contribution in [0.4, 0.5) is 43.8 Å². The Labute approximate surface area is 185 Å². The van der Waals surface area contributed by atoms with Crippen molar-refractivity contribution in [2.45, 2.75) is 12.4 Å². The summed E-state index contributed by atoms with van der Waals surface area (Å²) < 4.78 is 69.2. The standard InChI is InChI=1S/C16H14F3N5OS.C2HF3O2/c1-26-14(25)9-2-4-10(5-3-9)22-15-23-12-11(6-7-20-12)13(24-15)21-8-16(17,18)19;3-2(4,5)1(6)7/h2-7H,8H2,1H3,(H3,20,21,22,23,24);(H,6,7). The highest BCUT2D eigenvalue weighted by molar-refractivity contribution is 8.13. The van der Waals surface area contributed by atoms with Crippen molar-refractivity contribution >= 4 is 51.3 Å². The smallest absolute Gasteiger partial charge is 0.475 e. The SMILES string of the molecule is CSC(=O)c1ccc(Nc2nc(NCC(F)(F)F)c3cc[nH]c3n2)cc1.O=C(O)C(F)(F)F. The Morgan fingerprint density at radius 3 is 2.18 bits per heavy atom. The van der Waals surface area contributed by atoms with Crippen molar-refractivity contribution < 1.29 is 41.0 Å². The molecule has 0 unspecified atom stereocenters. The van der Waals surface area contributed by atoms with Gasteiger partial charge in [-0.2, -0.15) is 36.3 Å². The average Bonchev–Trinajstić information content (AvgIpc) is 3.20. The van der Waals surface area contributed by atoms with Gasteiger partial charge < -0.3 is 20.7 Å². The lowest BCUT2D eigenvalue weighted by atomic mass is 10.2. The molecule has 0 amide bonds. The van der Waals surface area contributed by atoms with E-state index in [0.717, 1.165) is 11.8 Å². The summed E-state index contributed by atoms with van der Waals surface area (Å²) in [5.41, 5.74) is 1.56. The number of halogens is 6. The summed E-state index contributed by atoms with van der Waals surface area (Å²) in [5.74, 6) is -2.55. The summed E-state index contributed by atoms with van der Waals surface area (Å²) in [5, 5.41) is 12.7. The first-order valence-electron chi connectivity index (χ1n) is 8.71. The number of hydrogen-bond donors (Lipinski definition) is 4. The van der Waals surface area contributed by atoms with Gasteiger partial charge in [-0.1, -0.05) is 11.8 Å². The number of alkyl halides is 6. The van der Waals surface area contributed by atoms with Crippen molar-refractivity contribution in [3.05, 3.63) is 42.1 Å². The molecule has 0 aliphatic carbocycles. The van der Waals surface area contributed by atoms with Crippen LogP contribution < -0.4 is 10.6 Å². The monoisotopic (exact) mass is 495 g/mol. The van der Waals surface area contributed by atoms with Crippen LogP contribution >= 0.6 is 11.8 Å². The molecule has 0 saturated heterocycles. The molecule has 0 radical (unpaired) electrons. The first kappa shape index (κ1) is 25.8. The van der Waals surface area contributed by atoms with Crippen LogP contribution in [-0.4, -0.2) is 56.3 Å². The Balaban J connectivity index is 0.000000479. The van der Waals surface area contributed by atoms with Gasteiger partial charge in [0.2, 0.25) is 11.1 Å². The lowest BCUT2D eigenvalue weighted by Crippen LogP contribution is -2.22. The number of hydrogen-bond acceptors (Lipinski definition) is 7. The topological polar surface area (TPSA) is 120 Å². The minimum Gasteiger partial charge on any atom is -0.475 e. The quantitative estimate of drug-likeness (QED) is 0.372. The first-order chi connectivity index (χ1) is 15.3. The fraction of sp³-hybridized carbons (Fsp3) is 0.222. The van der Waals surface area contributed by atoms with Crippen LogP contribution in [0.2, 0.25) is 0 Å². The number of aromatic amines is 1. The normalized spacial score (nSPS) is 11.5. The van der Waals surface area contributed by atoms with E-state index < -0.39 is 24.9 Å². The first-order valence-corrected chi connectivity index (χ1v) is 9.94. The molecule has 0 aliphatic rings. The third kappa shape index (κ3) is 7.85. The molecule has 0 fully saturated rings. The number of aromatic nitrogens is 3. The summed E-state index contributed by atoms with van der Waals surface area (Å²) in [6.45, 7) is -1.20. The number of H-pyrrole nitrogens is 1. The number of benzene rings is 1. The molecule has 8 nitrogen and oxygen atoms in total. The van der Waals surface area contributed by atoms with E-state index in [1.54, 1.807) is 42.8 Å². The molecule has 33 heavy (non-hydrogen) atoms. The second-order valence-electron chi connectivity index (χ2n) is 6.10. The van der Waals surface area contributed by atoms with Gasteiger partial charge in [-0.25, -0.2) is 4.79 Å². The summed E-state index contributed by atoms with van der Waals surface area (Å²) in [6, 6.07) is 8.25. The Morgan fingerprint density at radius 2 is 1.67 bits per heavy atom. The van der Waals surface area contributed by atoms with Crippen LogP contribution in [0.1, 0.15) is 10.4 Å². The van der Waals surface area contributed by atoms with Crippen molar-refractivity contribution in [3.63, 3.8) is 0 Å². The molecule has 178 valence electrons. The number of nitrogens with zero attached hydrogens (tertiary/aromatic N) is 2. The van der Waals surface area contributed by atoms with Crippen LogP contribution in [0.25, 0.3) is 11.0 Å². The highest BCUT2D eigenvalue weighted by Crippen LogP contribution is 2.25. The average molecular weight is 495 g/mol. The van der Waals surface area contributed by atoms with E-state index in [-0.39, 0.29) is 16.9 Å². The number of carbonyl (C=O) groups is 2. The summed E-state index contributed by atoms with van der Waals surface area (Å²) >= 11 is 1.11. The maximum atomic E-state index is 12.5. The lowest BCUT2D eigenvalue weighted by molar-refractivity contribution is -0.192. The second-order valence-corrected chi connectivity index (χ2v) is 6.88. The van der Waals surface area contributed by atoms with E-state index >= 15 is 0 Å². The Kier molecular flexibility index (Phi) is 8.13. The number of thioether (sulfide) groups is 1. The molecule has 0 saturated carbocycles. The molecule has 3 rings (SSSR count). The van der Waals surface area contributed by atoms with E-state index in [1.807, 2.05) is 0 Å². The van der Waals surface area contributed by atoms with Gasteiger partial charge in [0.1, 0.15) is 18.0 Å². The third-order valence-electron chi connectivity index (χ3n) is 3.68. The maximum Gasteiger partial charge on any atom is 0.490 e. The van der Waals surface area contributed by atoms with Gasteiger partial charge in [0.05, 0.1) is 5.39 Å². The molecule has 0 bridgehead atoms. The van der Waals surface area contributed by atoms with Gasteiger partial charge >= 0.3 is 18.3 Å². The molecular weight excluding hydrogens is 480 g/mol. The van der Waals surface area contributed by atoms with Gasteiger partial charge in [-0.15, -0.1) is 0 Å². The minimum atomic E-state index is -5.08. The summed E-state index contributed by atoms with van der Waals surface area (Å²) in [4.78, 5) is 31.7. The van der Waals surface area contributed by atoms with Crippen LogP contribution in [0, 0.1) is 0 Å². The zero-order chi connectivity index (χ0) is 24.8. The summed E-state index contributed by atoms with van der Waals surface area (Å²) in [7, 11) is 0. The lowest BCUT2D eigenvalue weighted by Gasteiger charge is -2.12. The predicted octanol–water partition coefficient (Wildman–Crippen LogP) is 4.81. The van der Waals surface area contributed by atoms with Crippen LogP contribution in [-0.2, 0) is 4.79 Å². The molecule has 15 heteroatoms. The molecule has 3 aromatic rings. The van der Waals surface area contributed by atoms with Crippen molar-refractivity contribution in [2.75, 3.05) is 23.4 Å². The molecule has 0 atom stereocenters. The zero-order valence-corrected chi connectivity index (χ0v) is 17.3. The van der Waals surface area contributed by atoms with E-state index in [1.165, 1.54) is 0 Å². The second kappa shape index (κ2) is 10.4. The van der Waals surface area contributed by atoms with Crippen LogP contribution in [0.3, 0.4) is 0 Å². The highest BCUT2D eigenvalue weighted by atomic mass is 32.2. The largest absolute Gasteiger partial charge is 0.490 e. The molecule has 0 spiro atoms. The van der Waals surface area contributed by atoms with Crippen molar-refractivity contribution in [2.24, 2.45) is 0 Å². The fourth-order valence-corrected chi connectivity index (χ4v) is 2.62. The van der Waals surface area contributed by atoms with E-state index in [0.29, 0.717) is 22.3 Å². The van der Waals surface area contributed by atoms with Gasteiger partial charge in [0, 0.05) is 17.4 Å². The number of carboxylic acids is 1. The predicted molar refractivity (Wildman–Crippen MR) is 110 cm³/mol. The molecular formula is C18H15F6N5O3S. The number of carboxylic acid groups (broad SMARTS) is 1. The fourth-order valence-electron chi connectivity index (χ4n) is 2.25. The van der Waals surface area contributed by atoms with Gasteiger partial charge in [-0.3, -0.25) is 4.79 Å². The van der Waals surface area contributed by atoms with E-state index in [2.05, 4.69) is 25.6 Å². The molecule has 2 aromatic heterocycles. The van der Waals surface area contributed by atoms with E-state index in [9.17, 15) is 31.1 Å². The van der Waals surface area contributed by atoms with Gasteiger partial charge in [0.25, 0.3) is 0 Å². The Morgan fingerprint density at radius 1 is 1.06 bits per heavy atom. The van der Waals surface area contributed by atoms with E-state index in [4.69, 9.17) is 9.90 Å². The zero-order valence-electron chi connectivity index (χ0n) is 16.5. The number of fused-ring (bicyclic) bond motifs is 1. The summed E-state index contributed by atoms with van der Waals surface area (Å²) in [6.07, 6.45) is -6.17. The molecule has 4 N–H and O–H groups in total.